The average Bonchev–Trinajstić information content (AvgIpc) is 2.58. The van der Waals surface area contributed by atoms with Crippen LogP contribution >= 0.6 is 15.9 Å². The lowest BCUT2D eigenvalue weighted by molar-refractivity contribution is 0.0684. The zero-order valence-corrected chi connectivity index (χ0v) is 14.4. The fourth-order valence-electron chi connectivity index (χ4n) is 2.48. The normalized spacial score (nSPS) is 11.1. The highest BCUT2D eigenvalue weighted by Gasteiger charge is 2.16. The molecule has 2 aromatic carbocycles. The van der Waals surface area contributed by atoms with Gasteiger partial charge in [-0.2, -0.15) is 0 Å². The molecule has 6 heteroatoms. The van der Waals surface area contributed by atoms with Gasteiger partial charge in [-0.3, -0.25) is 0 Å². The first-order valence-corrected chi connectivity index (χ1v) is 8.09. The van der Waals surface area contributed by atoms with Gasteiger partial charge >= 0.3 is 11.9 Å². The molecule has 1 heterocycles. The number of hydrogen-bond donors (Lipinski definition) is 2. The first-order chi connectivity index (χ1) is 12.0. The molecular formula is C19H12BrNO4. The molecule has 3 rings (SSSR count). The third kappa shape index (κ3) is 3.59. The molecule has 2 N–H and O–H groups in total. The maximum absolute atomic E-state index is 11.4. The number of carbonyl (C=O) groups is 2. The topological polar surface area (TPSA) is 87.5 Å². The fraction of sp³-hybridized carbons (Fsp3) is 0. The zero-order chi connectivity index (χ0) is 18.0. The van der Waals surface area contributed by atoms with Gasteiger partial charge in [-0.15, -0.1) is 0 Å². The van der Waals surface area contributed by atoms with Gasteiger partial charge in [-0.25, -0.2) is 14.6 Å². The predicted molar refractivity (Wildman–Crippen MR) is 98.7 cm³/mol. The molecular weight excluding hydrogens is 386 g/mol. The number of nitrogens with zero attached hydrogens (tertiary/aromatic N) is 1. The number of aromatic nitrogens is 1. The average molecular weight is 398 g/mol. The van der Waals surface area contributed by atoms with E-state index in [0.29, 0.717) is 11.1 Å². The second-order valence-corrected chi connectivity index (χ2v) is 6.21. The Morgan fingerprint density at radius 1 is 0.920 bits per heavy atom. The van der Waals surface area contributed by atoms with Gasteiger partial charge in [0.05, 0.1) is 22.3 Å². The van der Waals surface area contributed by atoms with Gasteiger partial charge in [-0.05, 0) is 48.0 Å². The van der Waals surface area contributed by atoms with E-state index < -0.39 is 11.9 Å². The number of halogens is 1. The summed E-state index contributed by atoms with van der Waals surface area (Å²) in [6.07, 6.45) is 3.60. The Morgan fingerprint density at radius 3 is 2.32 bits per heavy atom. The lowest BCUT2D eigenvalue weighted by Gasteiger charge is -2.06. The second-order valence-electron chi connectivity index (χ2n) is 5.29. The van der Waals surface area contributed by atoms with Crippen molar-refractivity contribution in [3.63, 3.8) is 0 Å². The predicted octanol–water partition coefficient (Wildman–Crippen LogP) is 4.56. The van der Waals surface area contributed by atoms with E-state index in [0.717, 1.165) is 10.0 Å². The highest BCUT2D eigenvalue weighted by Crippen LogP contribution is 2.23. The summed E-state index contributed by atoms with van der Waals surface area (Å²) in [6, 6.07) is 13.5. The van der Waals surface area contributed by atoms with Crippen LogP contribution in [0.5, 0.6) is 0 Å². The third-order valence-corrected chi connectivity index (χ3v) is 4.13. The van der Waals surface area contributed by atoms with Crippen molar-refractivity contribution in [2.75, 3.05) is 0 Å². The van der Waals surface area contributed by atoms with E-state index in [1.165, 1.54) is 12.1 Å². The standard InChI is InChI=1S/C19H12BrNO4/c20-12-3-1-2-11(10-12)4-5-13-6-7-14-15(18(22)23)8-9-16(19(24)25)17(14)21-13/h1-10H,(H,22,23)(H,24,25)/b5-4+. The van der Waals surface area contributed by atoms with Crippen molar-refractivity contribution in [2.45, 2.75) is 0 Å². The fourth-order valence-corrected chi connectivity index (χ4v) is 2.89. The van der Waals surface area contributed by atoms with Gasteiger partial charge in [0.15, 0.2) is 0 Å². The van der Waals surface area contributed by atoms with E-state index in [9.17, 15) is 19.8 Å². The van der Waals surface area contributed by atoms with E-state index in [1.54, 1.807) is 18.2 Å². The molecule has 0 aliphatic heterocycles. The van der Waals surface area contributed by atoms with Gasteiger partial charge in [0.1, 0.15) is 0 Å². The molecule has 0 unspecified atom stereocenters. The van der Waals surface area contributed by atoms with Crippen LogP contribution in [0.1, 0.15) is 32.0 Å². The summed E-state index contributed by atoms with van der Waals surface area (Å²) in [7, 11) is 0. The minimum Gasteiger partial charge on any atom is -0.478 e. The Bertz CT molecular complexity index is 1030. The van der Waals surface area contributed by atoms with Crippen LogP contribution in [0.15, 0.2) is 53.0 Å². The molecule has 0 bridgehead atoms. The summed E-state index contributed by atoms with van der Waals surface area (Å²) in [6.45, 7) is 0. The number of benzene rings is 2. The zero-order valence-electron chi connectivity index (χ0n) is 12.8. The number of carboxylic acids is 2. The summed E-state index contributed by atoms with van der Waals surface area (Å²) >= 11 is 3.40. The molecule has 0 aliphatic carbocycles. The Labute approximate surface area is 151 Å². The van der Waals surface area contributed by atoms with Crippen molar-refractivity contribution >= 4 is 50.9 Å². The highest BCUT2D eigenvalue weighted by molar-refractivity contribution is 9.10. The maximum Gasteiger partial charge on any atom is 0.337 e. The molecule has 5 nitrogen and oxygen atoms in total. The van der Waals surface area contributed by atoms with Crippen LogP contribution in [-0.4, -0.2) is 27.1 Å². The molecule has 3 aromatic rings. The molecule has 0 fully saturated rings. The van der Waals surface area contributed by atoms with E-state index in [-0.39, 0.29) is 16.6 Å². The largest absolute Gasteiger partial charge is 0.478 e. The van der Waals surface area contributed by atoms with E-state index in [4.69, 9.17) is 0 Å². The van der Waals surface area contributed by atoms with Crippen molar-refractivity contribution in [1.82, 2.24) is 4.98 Å². The van der Waals surface area contributed by atoms with E-state index >= 15 is 0 Å². The Morgan fingerprint density at radius 2 is 1.64 bits per heavy atom. The number of carboxylic acid groups (broad SMARTS) is 2. The molecule has 0 amide bonds. The van der Waals surface area contributed by atoms with Gasteiger partial charge in [0.2, 0.25) is 0 Å². The molecule has 0 atom stereocenters. The van der Waals surface area contributed by atoms with Gasteiger partial charge < -0.3 is 10.2 Å². The smallest absolute Gasteiger partial charge is 0.337 e. The molecule has 0 spiro atoms. The quantitative estimate of drug-likeness (QED) is 0.673. The summed E-state index contributed by atoms with van der Waals surface area (Å²) < 4.78 is 0.945. The van der Waals surface area contributed by atoms with Crippen LogP contribution in [0.3, 0.4) is 0 Å². The van der Waals surface area contributed by atoms with Crippen molar-refractivity contribution in [2.24, 2.45) is 0 Å². The molecule has 0 aliphatic rings. The van der Waals surface area contributed by atoms with Crippen LogP contribution in [0, 0.1) is 0 Å². The first-order valence-electron chi connectivity index (χ1n) is 7.30. The summed E-state index contributed by atoms with van der Waals surface area (Å²) in [5, 5.41) is 18.9. The third-order valence-electron chi connectivity index (χ3n) is 3.63. The molecule has 0 saturated carbocycles. The Balaban J connectivity index is 2.11. The van der Waals surface area contributed by atoms with E-state index in [2.05, 4.69) is 20.9 Å². The minimum atomic E-state index is -1.15. The van der Waals surface area contributed by atoms with Crippen LogP contribution in [0.2, 0.25) is 0 Å². The van der Waals surface area contributed by atoms with Crippen LogP contribution in [-0.2, 0) is 0 Å². The Kier molecular flexibility index (Phi) is 4.63. The lowest BCUT2D eigenvalue weighted by atomic mass is 10.0. The summed E-state index contributed by atoms with van der Waals surface area (Å²) in [5.74, 6) is -2.27. The maximum atomic E-state index is 11.4. The van der Waals surface area contributed by atoms with Crippen molar-refractivity contribution in [3.8, 4) is 0 Å². The van der Waals surface area contributed by atoms with Gasteiger partial charge in [0, 0.05) is 9.86 Å². The number of fused-ring (bicyclic) bond motifs is 1. The number of aromatic carboxylic acids is 2. The highest BCUT2D eigenvalue weighted by atomic mass is 79.9. The SMILES string of the molecule is O=C(O)c1ccc(C(=O)O)c2nc(/C=C/c3cccc(Br)c3)ccc12. The Hall–Kier alpha value is -2.99. The molecule has 25 heavy (non-hydrogen) atoms. The van der Waals surface area contributed by atoms with Crippen molar-refractivity contribution in [3.05, 3.63) is 75.4 Å². The van der Waals surface area contributed by atoms with Gasteiger partial charge in [-0.1, -0.05) is 34.1 Å². The first kappa shape index (κ1) is 16.9. The van der Waals surface area contributed by atoms with Crippen LogP contribution in [0.25, 0.3) is 23.1 Å². The number of pyridine rings is 1. The monoisotopic (exact) mass is 397 g/mol. The molecule has 0 saturated heterocycles. The number of hydrogen-bond acceptors (Lipinski definition) is 3. The van der Waals surface area contributed by atoms with Crippen LogP contribution < -0.4 is 0 Å². The van der Waals surface area contributed by atoms with Crippen molar-refractivity contribution in [1.29, 1.82) is 0 Å². The van der Waals surface area contributed by atoms with Crippen molar-refractivity contribution < 1.29 is 19.8 Å². The minimum absolute atomic E-state index is 0.0232. The molecule has 0 radical (unpaired) electrons. The molecule has 124 valence electrons. The summed E-state index contributed by atoms with van der Waals surface area (Å²) in [4.78, 5) is 27.1. The second kappa shape index (κ2) is 6.86. The molecule has 1 aromatic heterocycles. The number of rotatable bonds is 4. The lowest BCUT2D eigenvalue weighted by Crippen LogP contribution is -2.04. The van der Waals surface area contributed by atoms with Crippen LogP contribution in [0.4, 0.5) is 0 Å². The summed E-state index contributed by atoms with van der Waals surface area (Å²) in [5.41, 5.74) is 1.64. The van der Waals surface area contributed by atoms with E-state index in [1.807, 2.05) is 30.3 Å². The van der Waals surface area contributed by atoms with Gasteiger partial charge in [0.25, 0.3) is 0 Å².